The number of carbonyl (C=O) groups is 1. The van der Waals surface area contributed by atoms with Crippen LogP contribution in [0.15, 0.2) is 29.3 Å². The number of halogens is 1. The topological polar surface area (TPSA) is 80.0 Å². The van der Waals surface area contributed by atoms with E-state index in [-0.39, 0.29) is 30.6 Å². The van der Waals surface area contributed by atoms with Crippen LogP contribution in [0, 0.1) is 5.92 Å². The number of rotatable bonds is 7. The third-order valence-electron chi connectivity index (χ3n) is 4.16. The highest BCUT2D eigenvalue weighted by Crippen LogP contribution is 2.25. The Morgan fingerprint density at radius 2 is 2.26 bits per heavy atom. The van der Waals surface area contributed by atoms with Gasteiger partial charge in [0.15, 0.2) is 12.6 Å². The highest BCUT2D eigenvalue weighted by atomic mass is 127. The van der Waals surface area contributed by atoms with Gasteiger partial charge in [-0.25, -0.2) is 4.99 Å². The van der Waals surface area contributed by atoms with Crippen LogP contribution >= 0.6 is 35.7 Å². The first kappa shape index (κ1) is 23.9. The minimum absolute atomic E-state index is 0. The van der Waals surface area contributed by atoms with E-state index >= 15 is 0 Å². The maximum atomic E-state index is 10.9. The number of carbonyl (C=O) groups excluding carboxylic acids is 1. The zero-order valence-electron chi connectivity index (χ0n) is 16.3. The number of hydrogen-bond acceptors (Lipinski definition) is 4. The normalized spacial score (nSPS) is 17.4. The lowest BCUT2D eigenvalue weighted by atomic mass is 10.1. The smallest absolute Gasteiger partial charge is 0.255 e. The Labute approximate surface area is 183 Å². The van der Waals surface area contributed by atoms with Gasteiger partial charge >= 0.3 is 0 Å². The maximum Gasteiger partial charge on any atom is 0.255 e. The Kier molecular flexibility index (Phi) is 10.9. The maximum absolute atomic E-state index is 10.9. The predicted molar refractivity (Wildman–Crippen MR) is 124 cm³/mol. The van der Waals surface area contributed by atoms with Gasteiger partial charge in [-0.15, -0.1) is 24.0 Å². The minimum Gasteiger partial charge on any atom is -0.484 e. The molecule has 2 rings (SSSR count). The standard InChI is InChI=1S/C19H30N4O2S.HI/c1-4-21-19(23-8-9-26-17(12-23)14(2)3)22-11-15-6-5-7-16(10-15)25-13-18(20)24;/h5-7,10,14,17H,4,8-9,11-13H2,1-3H3,(H2,20,24)(H,21,22);1H. The molecule has 6 nitrogen and oxygen atoms in total. The monoisotopic (exact) mass is 506 g/mol. The van der Waals surface area contributed by atoms with Crippen molar-refractivity contribution in [3.8, 4) is 5.75 Å². The second-order valence-electron chi connectivity index (χ2n) is 6.67. The summed E-state index contributed by atoms with van der Waals surface area (Å²) >= 11 is 2.06. The van der Waals surface area contributed by atoms with Crippen molar-refractivity contribution in [3.05, 3.63) is 29.8 Å². The van der Waals surface area contributed by atoms with E-state index in [1.54, 1.807) is 0 Å². The zero-order chi connectivity index (χ0) is 18.9. The van der Waals surface area contributed by atoms with E-state index in [9.17, 15) is 4.79 Å². The molecule has 152 valence electrons. The molecule has 8 heteroatoms. The molecule has 0 saturated carbocycles. The first-order valence-electron chi connectivity index (χ1n) is 9.14. The Hall–Kier alpha value is -1.16. The molecular formula is C19H31IN4O2S. The molecule has 0 bridgehead atoms. The third-order valence-corrected chi connectivity index (χ3v) is 5.70. The van der Waals surface area contributed by atoms with Crippen LogP contribution < -0.4 is 15.8 Å². The lowest BCUT2D eigenvalue weighted by Crippen LogP contribution is -2.49. The molecule has 1 aliphatic heterocycles. The Morgan fingerprint density at radius 1 is 1.48 bits per heavy atom. The van der Waals surface area contributed by atoms with Crippen LogP contribution in [0.25, 0.3) is 0 Å². The highest BCUT2D eigenvalue weighted by molar-refractivity contribution is 14.0. The summed E-state index contributed by atoms with van der Waals surface area (Å²) in [5, 5.41) is 4.05. The number of hydrogen-bond donors (Lipinski definition) is 2. The van der Waals surface area contributed by atoms with Crippen LogP contribution in [-0.4, -0.2) is 54.0 Å². The van der Waals surface area contributed by atoms with Gasteiger partial charge in [0.05, 0.1) is 6.54 Å². The number of thioether (sulfide) groups is 1. The molecule has 1 atom stereocenters. The van der Waals surface area contributed by atoms with Gasteiger partial charge in [0.25, 0.3) is 5.91 Å². The molecule has 1 aliphatic rings. The fourth-order valence-corrected chi connectivity index (χ4v) is 4.05. The van der Waals surface area contributed by atoms with E-state index in [1.807, 2.05) is 24.3 Å². The summed E-state index contributed by atoms with van der Waals surface area (Å²) in [6.07, 6.45) is 0. The van der Waals surface area contributed by atoms with Gasteiger partial charge in [0.1, 0.15) is 5.75 Å². The van der Waals surface area contributed by atoms with Gasteiger partial charge in [-0.1, -0.05) is 26.0 Å². The van der Waals surface area contributed by atoms with Crippen LogP contribution in [0.2, 0.25) is 0 Å². The van der Waals surface area contributed by atoms with Crippen LogP contribution in [0.3, 0.4) is 0 Å². The van der Waals surface area contributed by atoms with Crippen molar-refractivity contribution < 1.29 is 9.53 Å². The molecule has 1 saturated heterocycles. The predicted octanol–water partition coefficient (Wildman–Crippen LogP) is 2.71. The number of nitrogens with zero attached hydrogens (tertiary/aromatic N) is 2. The molecule has 27 heavy (non-hydrogen) atoms. The van der Waals surface area contributed by atoms with E-state index in [0.717, 1.165) is 36.9 Å². The Bertz CT molecular complexity index is 627. The van der Waals surface area contributed by atoms with Crippen molar-refractivity contribution in [3.63, 3.8) is 0 Å². The average molecular weight is 506 g/mol. The number of amides is 1. The number of ether oxygens (including phenoxy) is 1. The van der Waals surface area contributed by atoms with E-state index < -0.39 is 5.91 Å². The summed E-state index contributed by atoms with van der Waals surface area (Å²) < 4.78 is 5.37. The fourth-order valence-electron chi connectivity index (χ4n) is 2.75. The summed E-state index contributed by atoms with van der Waals surface area (Å²) in [4.78, 5) is 18.0. The van der Waals surface area contributed by atoms with Crippen LogP contribution in [0.1, 0.15) is 26.3 Å². The van der Waals surface area contributed by atoms with Crippen LogP contribution in [-0.2, 0) is 11.3 Å². The zero-order valence-corrected chi connectivity index (χ0v) is 19.5. The second kappa shape index (κ2) is 12.3. The van der Waals surface area contributed by atoms with Gasteiger partial charge in [-0.2, -0.15) is 11.8 Å². The molecule has 1 unspecified atom stereocenters. The van der Waals surface area contributed by atoms with Crippen molar-refractivity contribution in [2.75, 3.05) is 32.0 Å². The third kappa shape index (κ3) is 8.16. The first-order valence-corrected chi connectivity index (χ1v) is 10.2. The van der Waals surface area contributed by atoms with Crippen molar-refractivity contribution in [1.82, 2.24) is 10.2 Å². The molecule has 1 fully saturated rings. The minimum atomic E-state index is -0.481. The average Bonchev–Trinajstić information content (AvgIpc) is 2.64. The fraction of sp³-hybridized carbons (Fsp3) is 0.579. The first-order chi connectivity index (χ1) is 12.5. The molecule has 3 N–H and O–H groups in total. The quantitative estimate of drug-likeness (QED) is 0.338. The molecule has 1 amide bonds. The number of nitrogens with two attached hydrogens (primary N) is 1. The summed E-state index contributed by atoms with van der Waals surface area (Å²) in [6.45, 7) is 9.98. The van der Waals surface area contributed by atoms with Gasteiger partial charge in [0, 0.05) is 30.6 Å². The summed E-state index contributed by atoms with van der Waals surface area (Å²) in [7, 11) is 0. The number of aliphatic imine (C=N–C) groups is 1. The van der Waals surface area contributed by atoms with Crippen LogP contribution in [0.5, 0.6) is 5.75 Å². The molecule has 0 aliphatic carbocycles. The van der Waals surface area contributed by atoms with Crippen molar-refractivity contribution in [2.45, 2.75) is 32.6 Å². The van der Waals surface area contributed by atoms with E-state index in [1.165, 1.54) is 0 Å². The Morgan fingerprint density at radius 3 is 2.93 bits per heavy atom. The Balaban J connectivity index is 0.00000364. The molecule has 0 spiro atoms. The molecular weight excluding hydrogens is 475 g/mol. The SMILES string of the molecule is CCNC(=NCc1cccc(OCC(N)=O)c1)N1CCSC(C(C)C)C1.I. The van der Waals surface area contributed by atoms with Crippen molar-refractivity contribution >= 4 is 47.6 Å². The number of primary amides is 1. The summed E-state index contributed by atoms with van der Waals surface area (Å²) in [5.74, 6) is 2.90. The summed E-state index contributed by atoms with van der Waals surface area (Å²) in [6, 6.07) is 7.63. The largest absolute Gasteiger partial charge is 0.484 e. The lowest BCUT2D eigenvalue weighted by Gasteiger charge is -2.36. The number of guanidine groups is 1. The summed E-state index contributed by atoms with van der Waals surface area (Å²) in [5.41, 5.74) is 6.16. The second-order valence-corrected chi connectivity index (χ2v) is 8.02. The number of benzene rings is 1. The van der Waals surface area contributed by atoms with Gasteiger partial charge in [-0.05, 0) is 30.5 Å². The van der Waals surface area contributed by atoms with E-state index in [0.29, 0.717) is 23.5 Å². The van der Waals surface area contributed by atoms with Gasteiger partial charge in [0.2, 0.25) is 0 Å². The molecule has 1 aromatic carbocycles. The molecule has 1 aromatic rings. The van der Waals surface area contributed by atoms with Crippen molar-refractivity contribution in [1.29, 1.82) is 0 Å². The highest BCUT2D eigenvalue weighted by Gasteiger charge is 2.24. The van der Waals surface area contributed by atoms with E-state index in [2.05, 4.69) is 42.7 Å². The lowest BCUT2D eigenvalue weighted by molar-refractivity contribution is -0.119. The van der Waals surface area contributed by atoms with Crippen LogP contribution in [0.4, 0.5) is 0 Å². The molecule has 1 heterocycles. The van der Waals surface area contributed by atoms with Crippen molar-refractivity contribution in [2.24, 2.45) is 16.6 Å². The molecule has 0 radical (unpaired) electrons. The number of nitrogens with one attached hydrogen (secondary N) is 1. The molecule has 0 aromatic heterocycles. The van der Waals surface area contributed by atoms with E-state index in [4.69, 9.17) is 15.5 Å². The van der Waals surface area contributed by atoms with Gasteiger partial charge in [-0.3, -0.25) is 4.79 Å². The van der Waals surface area contributed by atoms with Gasteiger partial charge < -0.3 is 20.7 Å².